The number of amides is 2. The van der Waals surface area contributed by atoms with Crippen LogP contribution in [0, 0.1) is 11.3 Å². The minimum atomic E-state index is -0.0698. The van der Waals surface area contributed by atoms with E-state index < -0.39 is 0 Å². The third-order valence-electron chi connectivity index (χ3n) is 4.94. The predicted molar refractivity (Wildman–Crippen MR) is 113 cm³/mol. The molecule has 7 heteroatoms. The maximum Gasteiger partial charge on any atom is 0.254 e. The quantitative estimate of drug-likeness (QED) is 0.758. The van der Waals surface area contributed by atoms with E-state index in [1.54, 1.807) is 29.2 Å². The van der Waals surface area contributed by atoms with Crippen LogP contribution in [-0.4, -0.2) is 61.5 Å². The number of carbonyl (C=O) groups excluding carboxylic acids is 2. The van der Waals surface area contributed by atoms with Crippen molar-refractivity contribution in [2.24, 2.45) is 0 Å². The van der Waals surface area contributed by atoms with Crippen molar-refractivity contribution in [2.45, 2.75) is 13.1 Å². The molecule has 2 aromatic rings. The highest BCUT2D eigenvalue weighted by molar-refractivity contribution is 5.94. The fourth-order valence-corrected chi connectivity index (χ4v) is 3.27. The first-order valence-corrected chi connectivity index (χ1v) is 9.95. The molecular weight excluding hydrogens is 380 g/mol. The molecule has 7 nitrogen and oxygen atoms in total. The van der Waals surface area contributed by atoms with Crippen molar-refractivity contribution in [3.8, 4) is 6.07 Å². The lowest BCUT2D eigenvalue weighted by Crippen LogP contribution is -2.40. The summed E-state index contributed by atoms with van der Waals surface area (Å²) in [5.74, 6) is -0.0575. The number of nitrogens with one attached hydrogen (secondary N) is 1. The van der Waals surface area contributed by atoms with Crippen molar-refractivity contribution < 1.29 is 14.3 Å². The molecule has 2 aromatic carbocycles. The first-order chi connectivity index (χ1) is 14.5. The number of nitrogens with zero attached hydrogens (tertiary/aromatic N) is 3. The molecule has 2 amide bonds. The maximum absolute atomic E-state index is 12.5. The molecule has 0 radical (unpaired) electrons. The van der Waals surface area contributed by atoms with Crippen molar-refractivity contribution in [3.63, 3.8) is 0 Å². The van der Waals surface area contributed by atoms with Gasteiger partial charge in [-0.15, -0.1) is 0 Å². The fourth-order valence-electron chi connectivity index (χ4n) is 3.27. The van der Waals surface area contributed by atoms with Gasteiger partial charge in [-0.3, -0.25) is 14.5 Å². The second kappa shape index (κ2) is 10.5. The molecule has 0 bridgehead atoms. The van der Waals surface area contributed by atoms with E-state index in [0.717, 1.165) is 11.1 Å². The van der Waals surface area contributed by atoms with Crippen LogP contribution in [0.2, 0.25) is 0 Å². The zero-order valence-corrected chi connectivity index (χ0v) is 17.1. The standard InChI is InChI=1S/C23H26N4O3/c1-26(16-20-4-2-18(14-24)3-5-20)17-22(28)25-15-19-6-8-21(9-7-19)23(29)27-10-12-30-13-11-27/h2-9H,10-13,15-17H2,1H3,(H,25,28). The third-order valence-corrected chi connectivity index (χ3v) is 4.94. The molecule has 1 fully saturated rings. The van der Waals surface area contributed by atoms with E-state index in [1.165, 1.54) is 0 Å². The van der Waals surface area contributed by atoms with Gasteiger partial charge in [0.05, 0.1) is 31.4 Å². The smallest absolute Gasteiger partial charge is 0.254 e. The van der Waals surface area contributed by atoms with Gasteiger partial charge in [0, 0.05) is 31.7 Å². The van der Waals surface area contributed by atoms with Crippen molar-refractivity contribution in [2.75, 3.05) is 39.9 Å². The summed E-state index contributed by atoms with van der Waals surface area (Å²) in [6.07, 6.45) is 0. The molecule has 30 heavy (non-hydrogen) atoms. The fraction of sp³-hybridized carbons (Fsp3) is 0.348. The molecule has 0 unspecified atom stereocenters. The summed E-state index contributed by atoms with van der Waals surface area (Å²) in [6.45, 7) is 3.70. The van der Waals surface area contributed by atoms with Gasteiger partial charge < -0.3 is 15.0 Å². The first kappa shape index (κ1) is 21.5. The predicted octanol–water partition coefficient (Wildman–Crippen LogP) is 1.78. The highest BCUT2D eigenvalue weighted by Gasteiger charge is 2.18. The number of hydrogen-bond acceptors (Lipinski definition) is 5. The van der Waals surface area contributed by atoms with Crippen LogP contribution in [0.4, 0.5) is 0 Å². The van der Waals surface area contributed by atoms with Gasteiger partial charge in [0.1, 0.15) is 0 Å². The molecule has 0 aromatic heterocycles. The van der Waals surface area contributed by atoms with Gasteiger partial charge in [-0.2, -0.15) is 5.26 Å². The Kier molecular flexibility index (Phi) is 7.55. The van der Waals surface area contributed by atoms with Gasteiger partial charge in [-0.25, -0.2) is 0 Å². The van der Waals surface area contributed by atoms with Gasteiger partial charge in [0.25, 0.3) is 5.91 Å². The summed E-state index contributed by atoms with van der Waals surface area (Å²) in [5.41, 5.74) is 3.26. The molecule has 3 rings (SSSR count). The van der Waals surface area contributed by atoms with E-state index >= 15 is 0 Å². The summed E-state index contributed by atoms with van der Waals surface area (Å²) < 4.78 is 5.28. The van der Waals surface area contributed by atoms with Crippen LogP contribution < -0.4 is 5.32 Å². The van der Waals surface area contributed by atoms with Crippen LogP contribution in [0.25, 0.3) is 0 Å². The Morgan fingerprint density at radius 2 is 1.70 bits per heavy atom. The van der Waals surface area contributed by atoms with Gasteiger partial charge in [-0.1, -0.05) is 24.3 Å². The minimum Gasteiger partial charge on any atom is -0.378 e. The van der Waals surface area contributed by atoms with Crippen molar-refractivity contribution in [1.82, 2.24) is 15.1 Å². The lowest BCUT2D eigenvalue weighted by atomic mass is 10.1. The van der Waals surface area contributed by atoms with Crippen LogP contribution in [0.5, 0.6) is 0 Å². The van der Waals surface area contributed by atoms with Gasteiger partial charge in [-0.05, 0) is 42.4 Å². The average molecular weight is 406 g/mol. The van der Waals surface area contributed by atoms with Crippen molar-refractivity contribution >= 4 is 11.8 Å². The summed E-state index contributed by atoms with van der Waals surface area (Å²) in [4.78, 5) is 28.4. The van der Waals surface area contributed by atoms with Crippen molar-refractivity contribution in [3.05, 3.63) is 70.8 Å². The second-order valence-corrected chi connectivity index (χ2v) is 7.36. The van der Waals surface area contributed by atoms with Crippen LogP contribution in [-0.2, 0) is 22.6 Å². The molecular formula is C23H26N4O3. The summed E-state index contributed by atoms with van der Waals surface area (Å²) >= 11 is 0. The largest absolute Gasteiger partial charge is 0.378 e. The molecule has 156 valence electrons. The lowest BCUT2D eigenvalue weighted by Gasteiger charge is -2.26. The molecule has 0 saturated carbocycles. The highest BCUT2D eigenvalue weighted by Crippen LogP contribution is 2.10. The number of nitriles is 1. The second-order valence-electron chi connectivity index (χ2n) is 7.36. The topological polar surface area (TPSA) is 85.7 Å². The number of carbonyl (C=O) groups is 2. The van der Waals surface area contributed by atoms with Crippen LogP contribution >= 0.6 is 0 Å². The number of likely N-dealkylation sites (N-methyl/N-ethyl adjacent to an activating group) is 1. The number of benzene rings is 2. The van der Waals surface area contributed by atoms with Gasteiger partial charge >= 0.3 is 0 Å². The highest BCUT2D eigenvalue weighted by atomic mass is 16.5. The summed E-state index contributed by atoms with van der Waals surface area (Å²) in [6, 6.07) is 16.8. The van der Waals surface area contributed by atoms with Gasteiger partial charge in [0.15, 0.2) is 0 Å². The number of rotatable bonds is 7. The summed E-state index contributed by atoms with van der Waals surface area (Å²) in [5, 5.41) is 11.8. The first-order valence-electron chi connectivity index (χ1n) is 9.95. The van der Waals surface area contributed by atoms with E-state index in [-0.39, 0.29) is 18.4 Å². The molecule has 1 heterocycles. The van der Waals surface area contributed by atoms with Crippen LogP contribution in [0.15, 0.2) is 48.5 Å². The van der Waals surface area contributed by atoms with Crippen LogP contribution in [0.3, 0.4) is 0 Å². The Hall–Kier alpha value is -3.21. The van der Waals surface area contributed by atoms with Gasteiger partial charge in [0.2, 0.25) is 5.91 Å². The SMILES string of the molecule is CN(CC(=O)NCc1ccc(C(=O)N2CCOCC2)cc1)Cc1ccc(C#N)cc1. The zero-order valence-electron chi connectivity index (χ0n) is 17.1. The molecule has 1 N–H and O–H groups in total. The monoisotopic (exact) mass is 406 g/mol. The molecule has 0 spiro atoms. The van der Waals surface area contributed by atoms with Crippen LogP contribution in [0.1, 0.15) is 27.0 Å². The normalized spacial score (nSPS) is 13.7. The Morgan fingerprint density at radius 1 is 1.07 bits per heavy atom. The average Bonchev–Trinajstić information content (AvgIpc) is 2.78. The van der Waals surface area contributed by atoms with Crippen molar-refractivity contribution in [1.29, 1.82) is 5.26 Å². The molecule has 1 aliphatic heterocycles. The minimum absolute atomic E-state index is 0.0123. The number of ether oxygens (including phenoxy) is 1. The van der Waals surface area contributed by atoms with E-state index in [2.05, 4.69) is 11.4 Å². The zero-order chi connectivity index (χ0) is 21.3. The summed E-state index contributed by atoms with van der Waals surface area (Å²) in [7, 11) is 1.88. The third kappa shape index (κ3) is 6.14. The Bertz CT molecular complexity index is 898. The Labute approximate surface area is 176 Å². The lowest BCUT2D eigenvalue weighted by molar-refractivity contribution is -0.122. The van der Waals surface area contributed by atoms with E-state index in [0.29, 0.717) is 50.5 Å². The molecule has 1 aliphatic rings. The van der Waals surface area contributed by atoms with E-state index in [9.17, 15) is 9.59 Å². The Morgan fingerprint density at radius 3 is 2.33 bits per heavy atom. The maximum atomic E-state index is 12.5. The number of hydrogen-bond donors (Lipinski definition) is 1. The molecule has 0 aliphatic carbocycles. The molecule has 1 saturated heterocycles. The molecule has 0 atom stereocenters. The van der Waals surface area contributed by atoms with E-state index in [4.69, 9.17) is 10.00 Å². The Balaban J connectivity index is 1.43. The van der Waals surface area contributed by atoms with E-state index in [1.807, 2.05) is 36.2 Å². The number of morpholine rings is 1.